The maximum atomic E-state index is 7.93. The molecule has 0 aromatic heterocycles. The minimum atomic E-state index is -0.0810. The summed E-state index contributed by atoms with van der Waals surface area (Å²) in [4.78, 5) is 4.02. The molecule has 0 saturated heterocycles. The molecule has 0 aromatic carbocycles. The standard InChI is InChI=1S/C3H5NO2/c1-4-6-3-2-5/h5H,2-3H2. The minimum absolute atomic E-state index is 0.0810. The van der Waals surface area contributed by atoms with E-state index >= 15 is 0 Å². The maximum absolute atomic E-state index is 7.93. The van der Waals surface area contributed by atoms with Crippen LogP contribution < -0.4 is 0 Å². The summed E-state index contributed by atoms with van der Waals surface area (Å²) in [7, 11) is 0. The fourth-order valence-electron chi connectivity index (χ4n) is 0.0865. The molecule has 0 radical (unpaired) electrons. The van der Waals surface area contributed by atoms with Crippen LogP contribution in [-0.2, 0) is 4.84 Å². The molecule has 3 heteroatoms. The van der Waals surface area contributed by atoms with Crippen LogP contribution in [0.25, 0.3) is 5.01 Å². The number of nitrogens with zero attached hydrogens (tertiary/aromatic N) is 1. The lowest BCUT2D eigenvalue weighted by molar-refractivity contribution is 0.162. The van der Waals surface area contributed by atoms with Crippen molar-refractivity contribution in [3.05, 3.63) is 11.6 Å². The second-order valence-corrected chi connectivity index (χ2v) is 0.648. The Hall–Kier alpha value is -0.750. The van der Waals surface area contributed by atoms with E-state index < -0.39 is 0 Å². The van der Waals surface area contributed by atoms with Gasteiger partial charge in [-0.25, -0.2) is 0 Å². The third-order valence-corrected chi connectivity index (χ3v) is 0.247. The molecule has 0 rings (SSSR count). The predicted molar refractivity (Wildman–Crippen MR) is 19.6 cm³/mol. The van der Waals surface area contributed by atoms with Crippen LogP contribution in [0, 0.1) is 6.57 Å². The topological polar surface area (TPSA) is 33.8 Å². The molecule has 0 amide bonds. The molecule has 0 unspecified atom stereocenters. The highest BCUT2D eigenvalue weighted by molar-refractivity contribution is 4.27. The molecule has 6 heavy (non-hydrogen) atoms. The summed E-state index contributed by atoms with van der Waals surface area (Å²) in [5, 5.41) is 10.4. The number of aliphatic hydroxyl groups is 1. The quantitative estimate of drug-likeness (QED) is 0.288. The Bertz CT molecular complexity index is 56.3. The van der Waals surface area contributed by atoms with E-state index in [4.69, 9.17) is 11.7 Å². The average Bonchev–Trinajstić information content (AvgIpc) is 1.61. The number of hydrogen-bond acceptors (Lipinski definition) is 2. The Morgan fingerprint density at radius 2 is 2.50 bits per heavy atom. The van der Waals surface area contributed by atoms with E-state index in [1.54, 1.807) is 0 Å². The summed E-state index contributed by atoms with van der Waals surface area (Å²) in [6, 6.07) is 0. The lowest BCUT2D eigenvalue weighted by Gasteiger charge is -1.77. The van der Waals surface area contributed by atoms with Gasteiger partial charge in [-0.3, -0.25) is 0 Å². The van der Waals surface area contributed by atoms with Crippen LogP contribution in [-0.4, -0.2) is 18.3 Å². The molecule has 3 nitrogen and oxygen atoms in total. The Morgan fingerprint density at radius 3 is 2.67 bits per heavy atom. The van der Waals surface area contributed by atoms with Crippen LogP contribution in [0.3, 0.4) is 0 Å². The van der Waals surface area contributed by atoms with Crippen molar-refractivity contribution in [2.75, 3.05) is 13.2 Å². The number of rotatable bonds is 2. The van der Waals surface area contributed by atoms with E-state index in [9.17, 15) is 0 Å². The summed E-state index contributed by atoms with van der Waals surface area (Å²) in [5.74, 6) is 0. The Labute approximate surface area is 35.9 Å². The predicted octanol–water partition coefficient (Wildman–Crippen LogP) is -0.170. The summed E-state index contributed by atoms with van der Waals surface area (Å²) in [6.07, 6.45) is 0. The van der Waals surface area contributed by atoms with Crippen molar-refractivity contribution in [2.45, 2.75) is 0 Å². The zero-order valence-corrected chi connectivity index (χ0v) is 3.22. The van der Waals surface area contributed by atoms with E-state index in [0.29, 0.717) is 0 Å². The number of aliphatic hydroxyl groups excluding tert-OH is 1. The Kier molecular flexibility index (Phi) is 3.72. The first-order valence-corrected chi connectivity index (χ1v) is 1.51. The van der Waals surface area contributed by atoms with Gasteiger partial charge in [0.05, 0.1) is 6.61 Å². The van der Waals surface area contributed by atoms with E-state index in [1.807, 2.05) is 0 Å². The lowest BCUT2D eigenvalue weighted by atomic mass is 10.8. The van der Waals surface area contributed by atoms with Crippen molar-refractivity contribution in [3.8, 4) is 0 Å². The van der Waals surface area contributed by atoms with Crippen molar-refractivity contribution in [2.24, 2.45) is 0 Å². The van der Waals surface area contributed by atoms with Gasteiger partial charge in [0.2, 0.25) is 0 Å². The minimum Gasteiger partial charge on any atom is -0.393 e. The third kappa shape index (κ3) is 3.25. The van der Waals surface area contributed by atoms with Gasteiger partial charge in [-0.2, -0.15) is 11.4 Å². The second-order valence-electron chi connectivity index (χ2n) is 0.648. The first kappa shape index (κ1) is 5.25. The van der Waals surface area contributed by atoms with Crippen LogP contribution in [0.4, 0.5) is 0 Å². The summed E-state index contributed by atoms with van der Waals surface area (Å²) >= 11 is 0. The first-order chi connectivity index (χ1) is 2.91. The molecule has 0 aliphatic heterocycles. The van der Waals surface area contributed by atoms with Crippen LogP contribution in [0.1, 0.15) is 0 Å². The Morgan fingerprint density at radius 1 is 1.83 bits per heavy atom. The Balaban J connectivity index is 2.54. The summed E-state index contributed by atoms with van der Waals surface area (Å²) in [5.41, 5.74) is 0. The van der Waals surface area contributed by atoms with Gasteiger partial charge >= 0.3 is 0 Å². The second kappa shape index (κ2) is 4.25. The van der Waals surface area contributed by atoms with Gasteiger partial charge in [-0.15, -0.1) is 0 Å². The lowest BCUT2D eigenvalue weighted by Crippen LogP contribution is -1.89. The van der Waals surface area contributed by atoms with Gasteiger partial charge in [0.15, 0.2) is 6.61 Å². The number of hydrogen-bond donors (Lipinski definition) is 1. The molecule has 0 aliphatic rings. The van der Waals surface area contributed by atoms with Crippen molar-refractivity contribution < 1.29 is 9.94 Å². The van der Waals surface area contributed by atoms with Crippen molar-refractivity contribution in [1.29, 1.82) is 0 Å². The molecule has 0 bridgehead atoms. The fourth-order valence-corrected chi connectivity index (χ4v) is 0.0865. The smallest absolute Gasteiger partial charge is 0.197 e. The average molecular weight is 87.1 g/mol. The van der Waals surface area contributed by atoms with Crippen LogP contribution in [0.2, 0.25) is 0 Å². The highest BCUT2D eigenvalue weighted by Crippen LogP contribution is 1.67. The van der Waals surface area contributed by atoms with Crippen LogP contribution in [0.5, 0.6) is 0 Å². The van der Waals surface area contributed by atoms with E-state index in [2.05, 4.69) is 9.85 Å². The molecule has 0 atom stereocenters. The molecular weight excluding hydrogens is 82.0 g/mol. The highest BCUT2D eigenvalue weighted by atomic mass is 16.6. The molecule has 0 aromatic rings. The first-order valence-electron chi connectivity index (χ1n) is 1.51. The monoisotopic (exact) mass is 87.0 g/mol. The fraction of sp³-hybridized carbons (Fsp3) is 0.667. The maximum Gasteiger partial charge on any atom is 0.197 e. The molecule has 0 spiro atoms. The zero-order chi connectivity index (χ0) is 4.83. The molecule has 1 N–H and O–H groups in total. The van der Waals surface area contributed by atoms with Gasteiger partial charge in [-0.1, -0.05) is 0 Å². The van der Waals surface area contributed by atoms with Gasteiger partial charge in [0, 0.05) is 0 Å². The van der Waals surface area contributed by atoms with Gasteiger partial charge in [-0.05, 0) is 5.01 Å². The molecule has 34 valence electrons. The molecular formula is C3H5NO2. The van der Waals surface area contributed by atoms with E-state index in [1.165, 1.54) is 0 Å². The zero-order valence-electron chi connectivity index (χ0n) is 3.22. The third-order valence-electron chi connectivity index (χ3n) is 0.247. The van der Waals surface area contributed by atoms with Crippen molar-refractivity contribution in [3.63, 3.8) is 0 Å². The van der Waals surface area contributed by atoms with Crippen molar-refractivity contribution >= 4 is 0 Å². The molecule has 0 fully saturated rings. The molecule has 0 aliphatic carbocycles. The summed E-state index contributed by atoms with van der Waals surface area (Å²) < 4.78 is 0. The SMILES string of the molecule is [C-]#[N+]OCCO. The molecule has 0 heterocycles. The van der Waals surface area contributed by atoms with E-state index in [0.717, 1.165) is 0 Å². The largest absolute Gasteiger partial charge is 0.393 e. The van der Waals surface area contributed by atoms with E-state index in [-0.39, 0.29) is 13.2 Å². The van der Waals surface area contributed by atoms with Gasteiger partial charge in [0.25, 0.3) is 0 Å². The van der Waals surface area contributed by atoms with Gasteiger partial charge < -0.3 is 5.11 Å². The van der Waals surface area contributed by atoms with Gasteiger partial charge in [0.1, 0.15) is 0 Å². The summed E-state index contributed by atoms with van der Waals surface area (Å²) in [6.45, 7) is 6.03. The van der Waals surface area contributed by atoms with Crippen LogP contribution in [0.15, 0.2) is 0 Å². The van der Waals surface area contributed by atoms with Crippen LogP contribution >= 0.6 is 0 Å². The molecule has 0 saturated carbocycles. The highest BCUT2D eigenvalue weighted by Gasteiger charge is 1.77. The van der Waals surface area contributed by atoms with Crippen molar-refractivity contribution in [1.82, 2.24) is 0 Å². The normalized spacial score (nSPS) is 6.67.